The molecule has 0 radical (unpaired) electrons. The summed E-state index contributed by atoms with van der Waals surface area (Å²) in [4.78, 5) is 31.4. The fourth-order valence-corrected chi connectivity index (χ4v) is 2.92. The lowest BCUT2D eigenvalue weighted by atomic mass is 9.98. The van der Waals surface area contributed by atoms with Crippen molar-refractivity contribution in [3.05, 3.63) is 16.1 Å². The van der Waals surface area contributed by atoms with Gasteiger partial charge >= 0.3 is 0 Å². The fourth-order valence-electron chi connectivity index (χ4n) is 2.13. The largest absolute Gasteiger partial charge is 0.342 e. The van der Waals surface area contributed by atoms with Gasteiger partial charge in [0.2, 0.25) is 11.8 Å². The molecule has 1 aromatic rings. The molecule has 19 heavy (non-hydrogen) atoms. The van der Waals surface area contributed by atoms with Gasteiger partial charge in [0.15, 0.2) is 0 Å². The average molecular weight is 281 g/mol. The van der Waals surface area contributed by atoms with Crippen molar-refractivity contribution in [1.82, 2.24) is 15.2 Å². The molecule has 0 aromatic carbocycles. The molecule has 1 aromatic heterocycles. The van der Waals surface area contributed by atoms with E-state index in [2.05, 4.69) is 10.3 Å². The van der Waals surface area contributed by atoms with E-state index in [1.165, 1.54) is 0 Å². The van der Waals surface area contributed by atoms with E-state index in [4.69, 9.17) is 0 Å². The number of rotatable bonds is 3. The Kier molecular flexibility index (Phi) is 3.89. The summed E-state index contributed by atoms with van der Waals surface area (Å²) in [5.74, 6) is -0.0222. The Hall–Kier alpha value is -1.43. The molecule has 1 saturated heterocycles. The highest BCUT2D eigenvalue weighted by Gasteiger charge is 2.39. The van der Waals surface area contributed by atoms with E-state index >= 15 is 0 Å². The zero-order valence-electron chi connectivity index (χ0n) is 11.6. The van der Waals surface area contributed by atoms with Crippen LogP contribution < -0.4 is 5.32 Å². The normalized spacial score (nSPS) is 23.9. The maximum absolute atomic E-state index is 12.4. The first-order valence-electron chi connectivity index (χ1n) is 6.42. The topological polar surface area (TPSA) is 62.3 Å². The predicted octanol–water partition coefficient (Wildman–Crippen LogP) is 1.32. The van der Waals surface area contributed by atoms with Crippen LogP contribution in [0.2, 0.25) is 0 Å². The molecule has 2 amide bonds. The van der Waals surface area contributed by atoms with E-state index in [9.17, 15) is 9.59 Å². The summed E-state index contributed by atoms with van der Waals surface area (Å²) < 4.78 is 0. The summed E-state index contributed by atoms with van der Waals surface area (Å²) >= 11 is 1.56. The first-order valence-corrected chi connectivity index (χ1v) is 7.24. The van der Waals surface area contributed by atoms with Gasteiger partial charge in [-0.05, 0) is 19.8 Å². The third-order valence-corrected chi connectivity index (χ3v) is 4.23. The molecule has 1 fully saturated rings. The van der Waals surface area contributed by atoms with Crippen molar-refractivity contribution in [2.75, 3.05) is 0 Å². The molecule has 0 spiro atoms. The van der Waals surface area contributed by atoms with Crippen LogP contribution in [0.4, 0.5) is 0 Å². The zero-order chi connectivity index (χ0) is 14.2. The first-order chi connectivity index (χ1) is 8.90. The second kappa shape index (κ2) is 5.28. The number of nitrogens with one attached hydrogen (secondary N) is 1. The third-order valence-electron chi connectivity index (χ3n) is 3.34. The van der Waals surface area contributed by atoms with Gasteiger partial charge in [-0.1, -0.05) is 13.8 Å². The lowest BCUT2D eigenvalue weighted by molar-refractivity contribution is -0.150. The number of carbonyl (C=O) groups excluding carboxylic acids is 2. The standard InChI is InChI=1S/C13H19N3O2S/c1-7(2)11-13(18)16(9(4)12(17)15-11)6-10-14-5-8(3)19-10/h5,7,9,11H,6H2,1-4H3,(H,15,17). The van der Waals surface area contributed by atoms with E-state index in [-0.39, 0.29) is 17.7 Å². The van der Waals surface area contributed by atoms with Crippen LogP contribution in [0.15, 0.2) is 6.20 Å². The van der Waals surface area contributed by atoms with E-state index in [0.29, 0.717) is 6.54 Å². The Morgan fingerprint density at radius 2 is 2.16 bits per heavy atom. The summed E-state index contributed by atoms with van der Waals surface area (Å²) in [6.07, 6.45) is 1.79. The molecular formula is C13H19N3O2S. The molecule has 2 rings (SSSR count). The van der Waals surface area contributed by atoms with Crippen molar-refractivity contribution in [2.24, 2.45) is 5.92 Å². The summed E-state index contributed by atoms with van der Waals surface area (Å²) in [5, 5.41) is 3.66. The molecule has 0 aliphatic carbocycles. The highest BCUT2D eigenvalue weighted by molar-refractivity contribution is 7.11. The van der Waals surface area contributed by atoms with Crippen LogP contribution in [-0.4, -0.2) is 33.8 Å². The Balaban J connectivity index is 2.20. The number of thiazole rings is 1. The third kappa shape index (κ3) is 2.78. The number of hydrogen-bond acceptors (Lipinski definition) is 4. The molecule has 1 aliphatic heterocycles. The number of amides is 2. The predicted molar refractivity (Wildman–Crippen MR) is 73.6 cm³/mol. The van der Waals surface area contributed by atoms with Gasteiger partial charge < -0.3 is 10.2 Å². The monoisotopic (exact) mass is 281 g/mol. The van der Waals surface area contributed by atoms with E-state index in [0.717, 1.165) is 9.88 Å². The highest BCUT2D eigenvalue weighted by Crippen LogP contribution is 2.20. The maximum atomic E-state index is 12.4. The molecule has 2 atom stereocenters. The fraction of sp³-hybridized carbons (Fsp3) is 0.615. The van der Waals surface area contributed by atoms with Crippen LogP contribution in [0, 0.1) is 12.8 Å². The van der Waals surface area contributed by atoms with Crippen LogP contribution in [0.5, 0.6) is 0 Å². The smallest absolute Gasteiger partial charge is 0.246 e. The van der Waals surface area contributed by atoms with E-state index < -0.39 is 12.1 Å². The average Bonchev–Trinajstić information content (AvgIpc) is 2.74. The van der Waals surface area contributed by atoms with Gasteiger partial charge in [0.1, 0.15) is 17.1 Å². The molecule has 2 unspecified atom stereocenters. The highest BCUT2D eigenvalue weighted by atomic mass is 32.1. The van der Waals surface area contributed by atoms with Crippen LogP contribution in [0.3, 0.4) is 0 Å². The zero-order valence-corrected chi connectivity index (χ0v) is 12.5. The van der Waals surface area contributed by atoms with Crippen molar-refractivity contribution in [2.45, 2.75) is 46.3 Å². The summed E-state index contributed by atoms with van der Waals surface area (Å²) in [5.41, 5.74) is 0. The minimum absolute atomic E-state index is 0.0186. The molecule has 2 heterocycles. The van der Waals surface area contributed by atoms with E-state index in [1.807, 2.05) is 20.8 Å². The molecule has 1 aliphatic rings. The van der Waals surface area contributed by atoms with Gasteiger partial charge in [-0.2, -0.15) is 0 Å². The molecule has 0 bridgehead atoms. The molecule has 1 N–H and O–H groups in total. The van der Waals surface area contributed by atoms with Gasteiger partial charge in [0.25, 0.3) is 0 Å². The second-order valence-corrected chi connectivity index (χ2v) is 6.56. The molecular weight excluding hydrogens is 262 g/mol. The van der Waals surface area contributed by atoms with Gasteiger partial charge in [-0.15, -0.1) is 11.3 Å². The van der Waals surface area contributed by atoms with Crippen LogP contribution in [0.1, 0.15) is 30.7 Å². The molecule has 6 heteroatoms. The Morgan fingerprint density at radius 1 is 1.47 bits per heavy atom. The molecule has 0 saturated carbocycles. The van der Waals surface area contributed by atoms with Gasteiger partial charge in [-0.25, -0.2) is 4.98 Å². The molecule has 5 nitrogen and oxygen atoms in total. The number of hydrogen-bond donors (Lipinski definition) is 1. The number of nitrogens with zero attached hydrogens (tertiary/aromatic N) is 2. The summed E-state index contributed by atoms with van der Waals surface area (Å²) in [6, 6.07) is -0.864. The lowest BCUT2D eigenvalue weighted by Gasteiger charge is -2.38. The van der Waals surface area contributed by atoms with Crippen LogP contribution in [-0.2, 0) is 16.1 Å². The van der Waals surface area contributed by atoms with Crippen LogP contribution in [0.25, 0.3) is 0 Å². The lowest BCUT2D eigenvalue weighted by Crippen LogP contribution is -2.63. The van der Waals surface area contributed by atoms with Crippen molar-refractivity contribution >= 4 is 23.2 Å². The van der Waals surface area contributed by atoms with Crippen molar-refractivity contribution in [3.8, 4) is 0 Å². The maximum Gasteiger partial charge on any atom is 0.246 e. The number of piperazine rings is 1. The SMILES string of the molecule is Cc1cnc(CN2C(=O)C(C(C)C)NC(=O)C2C)s1. The Labute approximate surface area is 117 Å². The minimum Gasteiger partial charge on any atom is -0.342 e. The molecule has 104 valence electrons. The minimum atomic E-state index is -0.438. The van der Waals surface area contributed by atoms with E-state index in [1.54, 1.807) is 29.4 Å². The van der Waals surface area contributed by atoms with Crippen molar-refractivity contribution < 1.29 is 9.59 Å². The van der Waals surface area contributed by atoms with Crippen molar-refractivity contribution in [1.29, 1.82) is 0 Å². The summed E-state index contributed by atoms with van der Waals surface area (Å²) in [7, 11) is 0. The van der Waals surface area contributed by atoms with Crippen LogP contribution >= 0.6 is 11.3 Å². The Morgan fingerprint density at radius 3 is 2.68 bits per heavy atom. The first kappa shape index (κ1) is 14.0. The van der Waals surface area contributed by atoms with Gasteiger partial charge in [0.05, 0.1) is 6.54 Å². The van der Waals surface area contributed by atoms with Crippen molar-refractivity contribution in [3.63, 3.8) is 0 Å². The number of carbonyl (C=O) groups is 2. The quantitative estimate of drug-likeness (QED) is 0.909. The van der Waals surface area contributed by atoms with Gasteiger partial charge in [0, 0.05) is 11.1 Å². The summed E-state index contributed by atoms with van der Waals surface area (Å²) in [6.45, 7) is 8.01. The number of aryl methyl sites for hydroxylation is 1. The second-order valence-electron chi connectivity index (χ2n) is 5.24. The number of aromatic nitrogens is 1. The Bertz CT molecular complexity index is 498. The van der Waals surface area contributed by atoms with Gasteiger partial charge in [-0.3, -0.25) is 9.59 Å².